The molecule has 2 aliphatic heterocycles. The lowest BCUT2D eigenvalue weighted by atomic mass is 9.82. The molecule has 0 N–H and O–H groups in total. The minimum atomic E-state index is -0.831. The maximum Gasteiger partial charge on any atom is 0.412 e. The molecule has 3 rings (SSSR count). The molecule has 28 heavy (non-hydrogen) atoms. The van der Waals surface area contributed by atoms with Crippen molar-refractivity contribution in [1.82, 2.24) is 4.90 Å². The second-order valence-corrected chi connectivity index (χ2v) is 9.94. The van der Waals surface area contributed by atoms with Crippen LogP contribution in [0.1, 0.15) is 79.6 Å². The van der Waals surface area contributed by atoms with E-state index >= 15 is 0 Å². The largest absolute Gasteiger partial charge is 0.456 e. The van der Waals surface area contributed by atoms with Crippen molar-refractivity contribution in [3.05, 3.63) is 12.2 Å². The molecule has 3 aliphatic rings. The summed E-state index contributed by atoms with van der Waals surface area (Å²) in [6.07, 6.45) is 6.23. The van der Waals surface area contributed by atoms with Crippen LogP contribution in [0.5, 0.6) is 0 Å². The molecule has 0 aromatic carbocycles. The third-order valence-corrected chi connectivity index (χ3v) is 5.97. The summed E-state index contributed by atoms with van der Waals surface area (Å²) in [4.78, 5) is 26.8. The first-order valence-corrected chi connectivity index (χ1v) is 10.6. The van der Waals surface area contributed by atoms with Crippen LogP contribution in [0.3, 0.4) is 0 Å². The number of carbonyl (C=O) groups is 2. The first-order valence-electron chi connectivity index (χ1n) is 10.6. The number of ether oxygens (including phenoxy) is 3. The Balaban J connectivity index is 1.87. The summed E-state index contributed by atoms with van der Waals surface area (Å²) in [6, 6.07) is -0.184. The number of hydrogen-bond donors (Lipinski definition) is 0. The van der Waals surface area contributed by atoms with Crippen LogP contribution in [0.25, 0.3) is 0 Å². The van der Waals surface area contributed by atoms with E-state index in [9.17, 15) is 9.59 Å². The van der Waals surface area contributed by atoms with Crippen LogP contribution in [0.2, 0.25) is 0 Å². The molecule has 2 saturated heterocycles. The molecule has 3 fully saturated rings. The van der Waals surface area contributed by atoms with Crippen molar-refractivity contribution in [3.8, 4) is 0 Å². The number of amides is 1. The van der Waals surface area contributed by atoms with Gasteiger partial charge in [-0.25, -0.2) is 9.59 Å². The smallest absolute Gasteiger partial charge is 0.412 e. The normalized spacial score (nSPS) is 31.2. The molecule has 6 nitrogen and oxygen atoms in total. The number of rotatable bonds is 3. The lowest BCUT2D eigenvalue weighted by Gasteiger charge is -2.37. The Hall–Kier alpha value is -1.56. The minimum absolute atomic E-state index is 0.184. The van der Waals surface area contributed by atoms with Gasteiger partial charge in [0.05, 0.1) is 6.04 Å². The van der Waals surface area contributed by atoms with Gasteiger partial charge in [0, 0.05) is 12.0 Å². The van der Waals surface area contributed by atoms with Gasteiger partial charge in [-0.1, -0.05) is 38.7 Å². The topological polar surface area (TPSA) is 65.1 Å². The van der Waals surface area contributed by atoms with E-state index in [-0.39, 0.29) is 24.2 Å². The Morgan fingerprint density at radius 2 is 1.89 bits per heavy atom. The summed E-state index contributed by atoms with van der Waals surface area (Å²) in [5.74, 6) is 0.183. The van der Waals surface area contributed by atoms with Gasteiger partial charge >= 0.3 is 12.1 Å². The fourth-order valence-corrected chi connectivity index (χ4v) is 4.78. The van der Waals surface area contributed by atoms with E-state index in [0.717, 1.165) is 6.42 Å². The van der Waals surface area contributed by atoms with Crippen LogP contribution in [0, 0.1) is 5.92 Å². The zero-order valence-corrected chi connectivity index (χ0v) is 18.0. The molecule has 0 unspecified atom stereocenters. The first-order chi connectivity index (χ1) is 13.0. The van der Waals surface area contributed by atoms with Gasteiger partial charge in [-0.05, 0) is 47.0 Å². The summed E-state index contributed by atoms with van der Waals surface area (Å²) in [7, 11) is 0. The molecule has 3 atom stereocenters. The third kappa shape index (κ3) is 4.53. The van der Waals surface area contributed by atoms with Crippen LogP contribution in [-0.2, 0) is 19.0 Å². The van der Waals surface area contributed by atoms with Gasteiger partial charge in [0.2, 0.25) is 0 Å². The van der Waals surface area contributed by atoms with E-state index in [1.54, 1.807) is 4.90 Å². The van der Waals surface area contributed by atoms with Crippen molar-refractivity contribution < 1.29 is 23.8 Å². The van der Waals surface area contributed by atoms with E-state index in [1.807, 2.05) is 34.6 Å². The highest BCUT2D eigenvalue weighted by atomic mass is 16.6. The van der Waals surface area contributed by atoms with E-state index in [4.69, 9.17) is 14.2 Å². The summed E-state index contributed by atoms with van der Waals surface area (Å²) < 4.78 is 17.6. The lowest BCUT2D eigenvalue weighted by Crippen LogP contribution is -2.51. The monoisotopic (exact) mass is 393 g/mol. The van der Waals surface area contributed by atoms with Crippen LogP contribution in [0.15, 0.2) is 12.2 Å². The molecule has 2 heterocycles. The lowest BCUT2D eigenvalue weighted by molar-refractivity contribution is -0.149. The Morgan fingerprint density at radius 3 is 2.43 bits per heavy atom. The highest BCUT2D eigenvalue weighted by molar-refractivity contribution is 5.90. The predicted octanol–water partition coefficient (Wildman–Crippen LogP) is 4.57. The minimum Gasteiger partial charge on any atom is -0.456 e. The fourth-order valence-electron chi connectivity index (χ4n) is 4.78. The second kappa shape index (κ2) is 7.69. The summed E-state index contributed by atoms with van der Waals surface area (Å²) in [5.41, 5.74) is -0.948. The van der Waals surface area contributed by atoms with Crippen molar-refractivity contribution in [3.63, 3.8) is 0 Å². The molecule has 0 aromatic heterocycles. The Bertz CT molecular complexity index is 613. The van der Waals surface area contributed by atoms with E-state index < -0.39 is 17.4 Å². The molecule has 0 radical (unpaired) electrons. The fraction of sp³-hybridized carbons (Fsp3) is 0.818. The molecular formula is C22H35NO5. The quantitative estimate of drug-likeness (QED) is 0.519. The molecule has 0 spiro atoms. The molecule has 158 valence electrons. The number of hydrogen-bond acceptors (Lipinski definition) is 5. The van der Waals surface area contributed by atoms with Gasteiger partial charge in [-0.2, -0.15) is 0 Å². The van der Waals surface area contributed by atoms with Crippen molar-refractivity contribution in [2.24, 2.45) is 5.92 Å². The molecule has 1 saturated carbocycles. The van der Waals surface area contributed by atoms with Gasteiger partial charge in [0.25, 0.3) is 0 Å². The first kappa shape index (κ1) is 21.2. The summed E-state index contributed by atoms with van der Waals surface area (Å²) in [5, 5.41) is 0. The molecule has 0 bridgehead atoms. The second-order valence-electron chi connectivity index (χ2n) is 9.94. The summed E-state index contributed by atoms with van der Waals surface area (Å²) >= 11 is 0. The van der Waals surface area contributed by atoms with Crippen molar-refractivity contribution in [1.29, 1.82) is 0 Å². The zero-order chi connectivity index (χ0) is 20.7. The molecule has 6 heteroatoms. The number of cyclic esters (lactones) is 1. The van der Waals surface area contributed by atoms with Crippen molar-refractivity contribution >= 4 is 12.1 Å². The maximum atomic E-state index is 13.1. The number of carbonyl (C=O) groups excluding carboxylic acids is 2. The summed E-state index contributed by atoms with van der Waals surface area (Å²) in [6.45, 7) is 13.2. The van der Waals surface area contributed by atoms with Crippen molar-refractivity contribution in [2.45, 2.75) is 109 Å². The Morgan fingerprint density at radius 1 is 1.25 bits per heavy atom. The van der Waals surface area contributed by atoms with Crippen LogP contribution in [-0.4, -0.2) is 46.5 Å². The Kier molecular flexibility index (Phi) is 5.81. The van der Waals surface area contributed by atoms with E-state index in [0.29, 0.717) is 17.9 Å². The van der Waals surface area contributed by atoms with Gasteiger partial charge in [0.15, 0.2) is 0 Å². The maximum absolute atomic E-state index is 13.1. The molecule has 1 aliphatic carbocycles. The standard InChI is InChI=1S/C22H35NO5/c1-14-12-17(26-19(14)24)18-16(13-15-10-8-7-9-11-15)23(22(5,6)27-18)20(25)28-21(2,3)4/h15-18H,1,7-13H2,2-6H3/t16-,17-,18+/m0/s1. The Labute approximate surface area is 168 Å². The number of esters is 1. The van der Waals surface area contributed by atoms with Gasteiger partial charge in [-0.3, -0.25) is 4.90 Å². The van der Waals surface area contributed by atoms with E-state index in [2.05, 4.69) is 6.58 Å². The predicted molar refractivity (Wildman–Crippen MR) is 106 cm³/mol. The molecule has 0 aromatic rings. The van der Waals surface area contributed by atoms with Gasteiger partial charge < -0.3 is 14.2 Å². The van der Waals surface area contributed by atoms with E-state index in [1.165, 1.54) is 32.1 Å². The highest BCUT2D eigenvalue weighted by Gasteiger charge is 2.55. The van der Waals surface area contributed by atoms with Crippen molar-refractivity contribution in [2.75, 3.05) is 0 Å². The van der Waals surface area contributed by atoms with Crippen LogP contribution >= 0.6 is 0 Å². The highest BCUT2D eigenvalue weighted by Crippen LogP contribution is 2.42. The SMILES string of the molecule is C=C1C[C@@H]([C@@H]2OC(C)(C)N(C(=O)OC(C)(C)C)[C@H]2CC2CCCCC2)OC1=O. The zero-order valence-electron chi connectivity index (χ0n) is 18.0. The van der Waals surface area contributed by atoms with Gasteiger partial charge in [0.1, 0.15) is 23.5 Å². The third-order valence-electron chi connectivity index (χ3n) is 5.97. The molecule has 1 amide bonds. The van der Waals surface area contributed by atoms with Crippen LogP contribution in [0.4, 0.5) is 4.79 Å². The average Bonchev–Trinajstić information content (AvgIpc) is 3.03. The van der Waals surface area contributed by atoms with Gasteiger partial charge in [-0.15, -0.1) is 0 Å². The van der Waals surface area contributed by atoms with Crippen LogP contribution < -0.4 is 0 Å². The average molecular weight is 394 g/mol. The molecular weight excluding hydrogens is 358 g/mol. The number of nitrogens with zero attached hydrogens (tertiary/aromatic N) is 1.